The van der Waals surface area contributed by atoms with Crippen molar-refractivity contribution in [3.8, 4) is 0 Å². The fourth-order valence-electron chi connectivity index (χ4n) is 5.14. The van der Waals surface area contributed by atoms with Crippen LogP contribution in [0.25, 0.3) is 0 Å². The third kappa shape index (κ3) is 7.60. The number of urea groups is 1. The minimum atomic E-state index is -0.303. The molecular formula is C32H41N5O2. The zero-order chi connectivity index (χ0) is 27.6. The average Bonchev–Trinajstić information content (AvgIpc) is 2.97. The lowest BCUT2D eigenvalue weighted by molar-refractivity contribution is 0.0931. The lowest BCUT2D eigenvalue weighted by Crippen LogP contribution is -2.40. The zero-order valence-corrected chi connectivity index (χ0v) is 23.3. The van der Waals surface area contributed by atoms with Gasteiger partial charge in [-0.2, -0.15) is 0 Å². The molecule has 0 atom stereocenters. The van der Waals surface area contributed by atoms with Crippen LogP contribution < -0.4 is 20.9 Å². The topological polar surface area (TPSA) is 76.7 Å². The van der Waals surface area contributed by atoms with Crippen LogP contribution in [-0.2, 0) is 0 Å². The number of carbonyl (C=O) groups excluding carboxylic acids is 2. The summed E-state index contributed by atoms with van der Waals surface area (Å²) in [4.78, 5) is 30.1. The van der Waals surface area contributed by atoms with Crippen molar-refractivity contribution in [1.82, 2.24) is 15.5 Å². The molecule has 1 aliphatic rings. The van der Waals surface area contributed by atoms with E-state index in [1.165, 1.54) is 11.1 Å². The maximum Gasteiger partial charge on any atom is 0.319 e. The standard InChI is InChI=1S/C32H41N5O2/c1-4-19-33-32(39)35-29-16-15-27(36(2)3)22-28(29)31(38)34-23-24-17-20-37(21-18-24)30(25-11-7-5-8-12-25)26-13-9-6-10-14-26/h5-16,22,24,30H,4,17-21,23H2,1-3H3,(H,34,38)(H2,33,35,39). The van der Waals surface area contributed by atoms with Crippen LogP contribution in [-0.4, -0.2) is 57.1 Å². The van der Waals surface area contributed by atoms with Crippen LogP contribution in [0.15, 0.2) is 78.9 Å². The van der Waals surface area contributed by atoms with Gasteiger partial charge < -0.3 is 20.9 Å². The van der Waals surface area contributed by atoms with Crippen LogP contribution >= 0.6 is 0 Å². The van der Waals surface area contributed by atoms with Crippen molar-refractivity contribution in [2.75, 3.05) is 50.5 Å². The third-order valence-electron chi connectivity index (χ3n) is 7.34. The molecule has 3 N–H and O–H groups in total. The Morgan fingerprint density at radius 2 is 1.51 bits per heavy atom. The fourth-order valence-corrected chi connectivity index (χ4v) is 5.14. The van der Waals surface area contributed by atoms with Crippen molar-refractivity contribution in [2.45, 2.75) is 32.2 Å². The maximum atomic E-state index is 13.3. The Hall–Kier alpha value is -3.84. The largest absolute Gasteiger partial charge is 0.378 e. The smallest absolute Gasteiger partial charge is 0.319 e. The van der Waals surface area contributed by atoms with E-state index in [4.69, 9.17) is 0 Å². The van der Waals surface area contributed by atoms with E-state index < -0.39 is 0 Å². The Labute approximate surface area is 232 Å². The van der Waals surface area contributed by atoms with Gasteiger partial charge in [0.2, 0.25) is 0 Å². The molecule has 0 aromatic heterocycles. The van der Waals surface area contributed by atoms with Gasteiger partial charge in [0.25, 0.3) is 5.91 Å². The van der Waals surface area contributed by atoms with Crippen molar-refractivity contribution in [3.63, 3.8) is 0 Å². The van der Waals surface area contributed by atoms with Crippen LogP contribution in [0.4, 0.5) is 16.2 Å². The number of likely N-dealkylation sites (tertiary alicyclic amines) is 1. The summed E-state index contributed by atoms with van der Waals surface area (Å²) in [6.45, 7) is 5.13. The molecule has 1 fully saturated rings. The van der Waals surface area contributed by atoms with Gasteiger partial charge in [-0.05, 0) is 67.6 Å². The van der Waals surface area contributed by atoms with Crippen LogP contribution in [0.2, 0.25) is 0 Å². The Bertz CT molecular complexity index is 1170. The highest BCUT2D eigenvalue weighted by Crippen LogP contribution is 2.32. The number of rotatable bonds is 10. The summed E-state index contributed by atoms with van der Waals surface area (Å²) >= 11 is 0. The Kier molecular flexibility index (Phi) is 9.97. The summed E-state index contributed by atoms with van der Waals surface area (Å²) in [7, 11) is 3.87. The number of hydrogen-bond acceptors (Lipinski definition) is 4. The maximum absolute atomic E-state index is 13.3. The second kappa shape index (κ2) is 13.8. The van der Waals surface area contributed by atoms with Gasteiger partial charge in [-0.25, -0.2) is 4.79 Å². The van der Waals surface area contributed by atoms with E-state index >= 15 is 0 Å². The number of amides is 3. The number of nitrogens with zero attached hydrogens (tertiary/aromatic N) is 2. The van der Waals surface area contributed by atoms with E-state index in [1.54, 1.807) is 6.07 Å². The first-order valence-corrected chi connectivity index (χ1v) is 13.9. The lowest BCUT2D eigenvalue weighted by atomic mass is 9.91. The van der Waals surface area contributed by atoms with Gasteiger partial charge in [-0.15, -0.1) is 0 Å². The van der Waals surface area contributed by atoms with Gasteiger partial charge in [-0.3, -0.25) is 9.69 Å². The number of anilines is 2. The van der Waals surface area contributed by atoms with Crippen LogP contribution in [0, 0.1) is 5.92 Å². The summed E-state index contributed by atoms with van der Waals surface area (Å²) in [5.74, 6) is 0.233. The summed E-state index contributed by atoms with van der Waals surface area (Å²) in [5, 5.41) is 8.80. The minimum Gasteiger partial charge on any atom is -0.378 e. The number of nitrogens with one attached hydrogen (secondary N) is 3. The van der Waals surface area contributed by atoms with E-state index in [1.807, 2.05) is 38.1 Å². The quantitative estimate of drug-likeness (QED) is 0.325. The third-order valence-corrected chi connectivity index (χ3v) is 7.34. The second-order valence-electron chi connectivity index (χ2n) is 10.4. The zero-order valence-electron chi connectivity index (χ0n) is 23.3. The molecule has 206 valence electrons. The van der Waals surface area contributed by atoms with Crippen LogP contribution in [0.5, 0.6) is 0 Å². The molecule has 0 aliphatic carbocycles. The van der Waals surface area contributed by atoms with Crippen molar-refractivity contribution in [1.29, 1.82) is 0 Å². The summed E-state index contributed by atoms with van der Waals surface area (Å²) in [5.41, 5.74) is 4.49. The normalized spacial score (nSPS) is 14.2. The van der Waals surface area contributed by atoms with Gasteiger partial charge >= 0.3 is 6.03 Å². The first-order valence-electron chi connectivity index (χ1n) is 13.9. The lowest BCUT2D eigenvalue weighted by Gasteiger charge is -2.38. The molecule has 39 heavy (non-hydrogen) atoms. The number of benzene rings is 3. The minimum absolute atomic E-state index is 0.168. The second-order valence-corrected chi connectivity index (χ2v) is 10.4. The first-order chi connectivity index (χ1) is 19.0. The molecule has 3 aromatic carbocycles. The van der Waals surface area contributed by atoms with E-state index in [0.29, 0.717) is 30.3 Å². The molecule has 1 aliphatic heterocycles. The van der Waals surface area contributed by atoms with Crippen molar-refractivity contribution >= 4 is 23.3 Å². The van der Waals surface area contributed by atoms with Gasteiger partial charge in [0.15, 0.2) is 0 Å². The van der Waals surface area contributed by atoms with Crippen molar-refractivity contribution < 1.29 is 9.59 Å². The predicted molar refractivity (Wildman–Crippen MR) is 159 cm³/mol. The first kappa shape index (κ1) is 28.2. The van der Waals surface area contributed by atoms with E-state index in [2.05, 4.69) is 81.5 Å². The number of piperidine rings is 1. The van der Waals surface area contributed by atoms with Gasteiger partial charge in [-0.1, -0.05) is 67.6 Å². The van der Waals surface area contributed by atoms with E-state index in [9.17, 15) is 9.59 Å². The molecule has 0 radical (unpaired) electrons. The molecule has 1 heterocycles. The number of hydrogen-bond donors (Lipinski definition) is 3. The molecule has 7 heteroatoms. The summed E-state index contributed by atoms with van der Waals surface area (Å²) in [6.07, 6.45) is 2.87. The molecule has 3 amide bonds. The SMILES string of the molecule is CCCNC(=O)Nc1ccc(N(C)C)cc1C(=O)NCC1CCN(C(c2ccccc2)c2ccccc2)CC1. The summed E-state index contributed by atoms with van der Waals surface area (Å²) < 4.78 is 0. The molecule has 7 nitrogen and oxygen atoms in total. The average molecular weight is 528 g/mol. The molecule has 4 rings (SSSR count). The highest BCUT2D eigenvalue weighted by atomic mass is 16.2. The Morgan fingerprint density at radius 1 is 0.897 bits per heavy atom. The Balaban J connectivity index is 1.39. The number of carbonyl (C=O) groups is 2. The van der Waals surface area contributed by atoms with E-state index in [-0.39, 0.29) is 18.0 Å². The molecule has 3 aromatic rings. The van der Waals surface area contributed by atoms with Crippen molar-refractivity contribution in [3.05, 3.63) is 95.6 Å². The van der Waals surface area contributed by atoms with Crippen LogP contribution in [0.3, 0.4) is 0 Å². The molecule has 0 unspecified atom stereocenters. The van der Waals surface area contributed by atoms with Crippen molar-refractivity contribution in [2.24, 2.45) is 5.92 Å². The summed E-state index contributed by atoms with van der Waals surface area (Å²) in [6, 6.07) is 26.8. The Morgan fingerprint density at radius 3 is 2.08 bits per heavy atom. The molecule has 0 bridgehead atoms. The highest BCUT2D eigenvalue weighted by molar-refractivity contribution is 6.04. The monoisotopic (exact) mass is 527 g/mol. The predicted octanol–water partition coefficient (Wildman–Crippen LogP) is 5.52. The fraction of sp³-hybridized carbons (Fsp3) is 0.375. The molecule has 0 spiro atoms. The molecule has 0 saturated carbocycles. The van der Waals surface area contributed by atoms with Crippen LogP contribution in [0.1, 0.15) is 53.7 Å². The van der Waals surface area contributed by atoms with E-state index in [0.717, 1.165) is 38.0 Å². The molecular weight excluding hydrogens is 486 g/mol. The van der Waals surface area contributed by atoms with Gasteiger partial charge in [0.1, 0.15) is 0 Å². The van der Waals surface area contributed by atoms with Gasteiger partial charge in [0.05, 0.1) is 17.3 Å². The molecule has 1 saturated heterocycles. The van der Waals surface area contributed by atoms with Gasteiger partial charge in [0, 0.05) is 32.9 Å². The highest BCUT2D eigenvalue weighted by Gasteiger charge is 2.27.